The minimum absolute atomic E-state index is 0.745. The van der Waals surface area contributed by atoms with Gasteiger partial charge >= 0.3 is 0 Å². The highest BCUT2D eigenvalue weighted by Crippen LogP contribution is 2.17. The van der Waals surface area contributed by atoms with Crippen molar-refractivity contribution in [3.05, 3.63) is 42.9 Å². The first-order valence-corrected chi connectivity index (χ1v) is 4.58. The Bertz CT molecular complexity index is 553. The Morgan fingerprint density at radius 1 is 1.13 bits per heavy atom. The highest BCUT2D eigenvalue weighted by Gasteiger charge is 2.04. The van der Waals surface area contributed by atoms with Gasteiger partial charge in [0.15, 0.2) is 12.2 Å². The van der Waals surface area contributed by atoms with E-state index < -0.39 is 0 Å². The molecule has 0 aliphatic rings. The number of fused-ring (bicyclic) bond motifs is 1. The molecule has 2 heterocycles. The topological polar surface area (TPSA) is 54.5 Å². The van der Waals surface area contributed by atoms with Gasteiger partial charge in [-0.3, -0.25) is 0 Å². The lowest BCUT2D eigenvalue weighted by atomic mass is 10.3. The Labute approximate surface area is 86.0 Å². The van der Waals surface area contributed by atoms with Gasteiger partial charge in [0, 0.05) is 6.20 Å². The monoisotopic (exact) mass is 195 g/mol. The van der Waals surface area contributed by atoms with Crippen LogP contribution >= 0.6 is 0 Å². The van der Waals surface area contributed by atoms with Gasteiger partial charge in [-0.05, 0) is 18.2 Å². The molecule has 1 aromatic carbocycles. The fraction of sp³-hybridized carbons (Fsp3) is 0. The summed E-state index contributed by atoms with van der Waals surface area (Å²) in [6.45, 7) is 0. The van der Waals surface area contributed by atoms with Crippen LogP contribution in [0.1, 0.15) is 0 Å². The van der Waals surface area contributed by atoms with Crippen molar-refractivity contribution in [1.29, 1.82) is 0 Å². The van der Waals surface area contributed by atoms with E-state index in [0.29, 0.717) is 0 Å². The number of imidazole rings is 1. The van der Waals surface area contributed by atoms with E-state index in [9.17, 15) is 0 Å². The van der Waals surface area contributed by atoms with Crippen LogP contribution in [0.25, 0.3) is 22.6 Å². The van der Waals surface area contributed by atoms with Gasteiger partial charge < -0.3 is 4.98 Å². The summed E-state index contributed by atoms with van der Waals surface area (Å²) < 4.78 is 0. The number of nitrogens with one attached hydrogen (secondary N) is 1. The fourth-order valence-corrected chi connectivity index (χ4v) is 1.47. The van der Waals surface area contributed by atoms with Gasteiger partial charge in [-0.1, -0.05) is 12.1 Å². The van der Waals surface area contributed by atoms with Gasteiger partial charge in [-0.25, -0.2) is 15.0 Å². The second-order valence-corrected chi connectivity index (χ2v) is 3.14. The highest BCUT2D eigenvalue weighted by atomic mass is 15.0. The molecule has 0 atom stereocenters. The van der Waals surface area contributed by atoms with Crippen molar-refractivity contribution in [2.75, 3.05) is 0 Å². The van der Waals surface area contributed by atoms with Crippen LogP contribution in [0, 0.1) is 6.33 Å². The van der Waals surface area contributed by atoms with Crippen LogP contribution in [0.15, 0.2) is 36.5 Å². The van der Waals surface area contributed by atoms with E-state index in [1.165, 1.54) is 0 Å². The molecule has 0 aliphatic carbocycles. The zero-order valence-electron chi connectivity index (χ0n) is 7.81. The van der Waals surface area contributed by atoms with Crippen molar-refractivity contribution in [2.24, 2.45) is 0 Å². The average Bonchev–Trinajstić information content (AvgIpc) is 2.74. The molecule has 3 aromatic rings. The highest BCUT2D eigenvalue weighted by molar-refractivity contribution is 5.78. The lowest BCUT2D eigenvalue weighted by Crippen LogP contribution is -1.85. The number of aromatic amines is 1. The summed E-state index contributed by atoms with van der Waals surface area (Å²) in [6.07, 6.45) is 4.19. The Balaban J connectivity index is 2.21. The molecule has 3 rings (SSSR count). The molecule has 0 spiro atoms. The normalized spacial score (nSPS) is 10.7. The van der Waals surface area contributed by atoms with E-state index in [-0.39, 0.29) is 0 Å². The number of para-hydroxylation sites is 2. The van der Waals surface area contributed by atoms with Crippen molar-refractivity contribution < 1.29 is 0 Å². The first kappa shape index (κ1) is 8.11. The molecule has 2 aromatic heterocycles. The second kappa shape index (κ2) is 3.16. The van der Waals surface area contributed by atoms with Crippen LogP contribution in [0.3, 0.4) is 0 Å². The Kier molecular flexibility index (Phi) is 1.71. The molecule has 15 heavy (non-hydrogen) atoms. The molecule has 4 heteroatoms. The van der Waals surface area contributed by atoms with Gasteiger partial charge in [-0.15, -0.1) is 0 Å². The number of hydrogen-bond acceptors (Lipinski definition) is 3. The van der Waals surface area contributed by atoms with Gasteiger partial charge in [0.05, 0.1) is 11.0 Å². The van der Waals surface area contributed by atoms with Gasteiger partial charge in [-0.2, -0.15) is 0 Å². The zero-order chi connectivity index (χ0) is 10.1. The third kappa shape index (κ3) is 1.36. The predicted molar refractivity (Wildman–Crippen MR) is 56.0 cm³/mol. The molecule has 0 amide bonds. The lowest BCUT2D eigenvalue weighted by molar-refractivity contribution is 1.13. The van der Waals surface area contributed by atoms with Crippen molar-refractivity contribution in [3.8, 4) is 11.5 Å². The standard InChI is InChI=1S/C11H7N4/c1-2-4-9-8(3-1)14-11(15-9)10-5-6-12-7-13-10/h1-6H,(H,14,15). The fourth-order valence-electron chi connectivity index (χ4n) is 1.47. The van der Waals surface area contributed by atoms with Gasteiger partial charge in [0.2, 0.25) is 0 Å². The number of H-pyrrole nitrogens is 1. The number of benzene rings is 1. The summed E-state index contributed by atoms with van der Waals surface area (Å²) in [6, 6.07) is 9.67. The number of nitrogens with zero attached hydrogens (tertiary/aromatic N) is 3. The second-order valence-electron chi connectivity index (χ2n) is 3.14. The van der Waals surface area contributed by atoms with Crippen LogP contribution < -0.4 is 0 Å². The summed E-state index contributed by atoms with van der Waals surface area (Å²) in [4.78, 5) is 15.4. The molecule has 0 saturated carbocycles. The van der Waals surface area contributed by atoms with E-state index in [1.807, 2.05) is 24.3 Å². The smallest absolute Gasteiger partial charge is 0.198 e. The summed E-state index contributed by atoms with van der Waals surface area (Å²) in [5.41, 5.74) is 2.69. The Morgan fingerprint density at radius 3 is 2.87 bits per heavy atom. The lowest BCUT2D eigenvalue weighted by Gasteiger charge is -1.90. The minimum Gasteiger partial charge on any atom is -0.337 e. The van der Waals surface area contributed by atoms with E-state index in [4.69, 9.17) is 0 Å². The Hall–Kier alpha value is -2.23. The Morgan fingerprint density at radius 2 is 2.07 bits per heavy atom. The molecule has 0 fully saturated rings. The number of aromatic nitrogens is 4. The third-order valence-electron chi connectivity index (χ3n) is 2.17. The SMILES string of the molecule is [c]1nccc(-c2nc3ccccc3[nH]2)n1. The quantitative estimate of drug-likeness (QED) is 0.644. The minimum atomic E-state index is 0.745. The van der Waals surface area contributed by atoms with E-state index in [2.05, 4.69) is 26.3 Å². The molecule has 4 nitrogen and oxygen atoms in total. The molecule has 0 aliphatic heterocycles. The summed E-state index contributed by atoms with van der Waals surface area (Å²) in [5, 5.41) is 0. The first-order chi connectivity index (χ1) is 7.43. The third-order valence-corrected chi connectivity index (χ3v) is 2.17. The van der Waals surface area contributed by atoms with E-state index >= 15 is 0 Å². The molecule has 0 saturated heterocycles. The summed E-state index contributed by atoms with van der Waals surface area (Å²) in [5.74, 6) is 0.745. The van der Waals surface area contributed by atoms with Crippen molar-refractivity contribution >= 4 is 11.0 Å². The molecular weight excluding hydrogens is 188 g/mol. The number of hydrogen-bond donors (Lipinski definition) is 1. The first-order valence-electron chi connectivity index (χ1n) is 4.58. The molecule has 71 valence electrons. The predicted octanol–water partition coefficient (Wildman–Crippen LogP) is 1.82. The van der Waals surface area contributed by atoms with Crippen LogP contribution in [0.4, 0.5) is 0 Å². The zero-order valence-corrected chi connectivity index (χ0v) is 7.81. The van der Waals surface area contributed by atoms with E-state index in [0.717, 1.165) is 22.6 Å². The van der Waals surface area contributed by atoms with E-state index in [1.54, 1.807) is 12.3 Å². The van der Waals surface area contributed by atoms with Crippen LogP contribution in [0.5, 0.6) is 0 Å². The van der Waals surface area contributed by atoms with Gasteiger partial charge in [0.25, 0.3) is 0 Å². The molecule has 1 N–H and O–H groups in total. The van der Waals surface area contributed by atoms with Crippen molar-refractivity contribution in [3.63, 3.8) is 0 Å². The maximum Gasteiger partial charge on any atom is 0.198 e. The maximum atomic E-state index is 4.42. The largest absolute Gasteiger partial charge is 0.337 e. The molecule has 1 radical (unpaired) electrons. The summed E-state index contributed by atoms with van der Waals surface area (Å²) >= 11 is 0. The van der Waals surface area contributed by atoms with Crippen LogP contribution in [0.2, 0.25) is 0 Å². The maximum absolute atomic E-state index is 4.42. The van der Waals surface area contributed by atoms with Crippen molar-refractivity contribution in [1.82, 2.24) is 19.9 Å². The molecule has 0 unspecified atom stereocenters. The van der Waals surface area contributed by atoms with Crippen LogP contribution in [-0.4, -0.2) is 19.9 Å². The van der Waals surface area contributed by atoms with Gasteiger partial charge in [0.1, 0.15) is 5.69 Å². The molecule has 0 bridgehead atoms. The average molecular weight is 195 g/mol. The van der Waals surface area contributed by atoms with Crippen LogP contribution in [-0.2, 0) is 0 Å². The number of rotatable bonds is 1. The summed E-state index contributed by atoms with van der Waals surface area (Å²) in [7, 11) is 0. The van der Waals surface area contributed by atoms with Crippen molar-refractivity contribution in [2.45, 2.75) is 0 Å². The molecular formula is C11H7N4.